The molecule has 7 nitrogen and oxygen atoms in total. The van der Waals surface area contributed by atoms with E-state index in [4.69, 9.17) is 31.2 Å². The van der Waals surface area contributed by atoms with E-state index in [1.807, 2.05) is 0 Å². The molecule has 0 aliphatic rings. The maximum Gasteiger partial charge on any atom is 0.258 e. The number of thiocarbonyl (C=S) groups is 1. The van der Waals surface area contributed by atoms with Crippen molar-refractivity contribution in [1.29, 1.82) is 0 Å². The van der Waals surface area contributed by atoms with Gasteiger partial charge in [0.2, 0.25) is 0 Å². The highest BCUT2D eigenvalue weighted by molar-refractivity contribution is 7.81. The Morgan fingerprint density at radius 1 is 0.575 bits per heavy atom. The minimum absolute atomic E-state index is 0.0412. The predicted molar refractivity (Wildman–Crippen MR) is 155 cm³/mol. The molecule has 0 radical (unpaired) electrons. The molecular formula is C30H28F2N2O5S. The van der Waals surface area contributed by atoms with Gasteiger partial charge in [0, 0.05) is 5.56 Å². The molecule has 0 spiro atoms. The highest BCUT2D eigenvalue weighted by Crippen LogP contribution is 2.35. The first-order valence-electron chi connectivity index (χ1n) is 11.9. The van der Waals surface area contributed by atoms with Crippen molar-refractivity contribution in [3.63, 3.8) is 0 Å². The lowest BCUT2D eigenvalue weighted by molar-refractivity contribution is 0.102. The smallest absolute Gasteiger partial charge is 0.258 e. The quantitative estimate of drug-likeness (QED) is 0.229. The van der Waals surface area contributed by atoms with Crippen molar-refractivity contribution in [2.45, 2.75) is 0 Å². The van der Waals surface area contributed by atoms with Crippen LogP contribution >= 0.6 is 12.2 Å². The second-order valence-corrected chi connectivity index (χ2v) is 8.35. The fraction of sp³-hybridized carbons (Fsp3) is 0.133. The number of hydrogen-bond acceptors (Lipinski definition) is 6. The number of halogens is 2. The molecule has 2 N–H and O–H groups in total. The van der Waals surface area contributed by atoms with Gasteiger partial charge < -0.3 is 29.6 Å². The van der Waals surface area contributed by atoms with Crippen LogP contribution in [0.5, 0.6) is 23.0 Å². The van der Waals surface area contributed by atoms with E-state index >= 15 is 0 Å². The summed E-state index contributed by atoms with van der Waals surface area (Å²) in [5.41, 5.74) is 1.23. The highest BCUT2D eigenvalue weighted by Gasteiger charge is 2.17. The number of carbonyl (C=O) groups excluding carboxylic acids is 1. The third kappa shape index (κ3) is 7.23. The summed E-state index contributed by atoms with van der Waals surface area (Å²) in [7, 11) is 6.05. The van der Waals surface area contributed by atoms with Crippen molar-refractivity contribution < 1.29 is 32.5 Å². The molecule has 10 heteroatoms. The zero-order valence-electron chi connectivity index (χ0n) is 22.3. The maximum absolute atomic E-state index is 13.7. The average Bonchev–Trinajstić information content (AvgIpc) is 2.98. The van der Waals surface area contributed by atoms with Gasteiger partial charge in [-0.1, -0.05) is 48.6 Å². The third-order valence-corrected chi connectivity index (χ3v) is 5.89. The molecule has 4 aromatic rings. The SMILES string of the molecule is COc1cccc(OC)c1NC(=O)c1ccccc1F.COc1cccc(OC)c1NC(=S)c1ccccc1F. The summed E-state index contributed by atoms with van der Waals surface area (Å²) >= 11 is 5.24. The first-order valence-corrected chi connectivity index (χ1v) is 12.3. The number of hydrogen-bond donors (Lipinski definition) is 2. The molecule has 0 saturated carbocycles. The Kier molecular flexibility index (Phi) is 10.8. The third-order valence-electron chi connectivity index (χ3n) is 5.57. The normalized spacial score (nSPS) is 9.95. The lowest BCUT2D eigenvalue weighted by atomic mass is 10.2. The van der Waals surface area contributed by atoms with Crippen LogP contribution in [0, 0.1) is 11.6 Å². The number of benzene rings is 4. The van der Waals surface area contributed by atoms with Crippen molar-refractivity contribution in [1.82, 2.24) is 0 Å². The molecule has 0 unspecified atom stereocenters. The molecule has 4 rings (SSSR count). The standard InChI is InChI=1S/C15H14FNO3.C15H14FNO2S/c1-19-12-8-5-9-13(20-2)14(12)17-15(18)10-6-3-4-7-11(10)16;1-18-12-8-5-9-13(19-2)14(12)17-15(20)10-6-3-4-7-11(10)16/h3-9H,1-2H3,(H,17,18);3-9H,1-2H3,(H,17,20). The van der Waals surface area contributed by atoms with Gasteiger partial charge in [-0.3, -0.25) is 4.79 Å². The lowest BCUT2D eigenvalue weighted by Gasteiger charge is -2.15. The number of carbonyl (C=O) groups is 1. The predicted octanol–water partition coefficient (Wildman–Crippen LogP) is 6.73. The number of amides is 1. The summed E-state index contributed by atoms with van der Waals surface area (Å²) < 4.78 is 48.2. The number of anilines is 2. The number of rotatable bonds is 8. The Bertz CT molecular complexity index is 1330. The first-order chi connectivity index (χ1) is 19.3. The molecule has 0 saturated heterocycles. The van der Waals surface area contributed by atoms with Gasteiger partial charge in [0.25, 0.3) is 5.91 Å². The summed E-state index contributed by atoms with van der Waals surface area (Å²) in [6.07, 6.45) is 0. The van der Waals surface area contributed by atoms with Gasteiger partial charge in [0.05, 0.1) is 34.0 Å². The van der Waals surface area contributed by atoms with Crippen molar-refractivity contribution in [2.75, 3.05) is 39.1 Å². The van der Waals surface area contributed by atoms with E-state index in [-0.39, 0.29) is 16.4 Å². The molecule has 0 aliphatic carbocycles. The van der Waals surface area contributed by atoms with Gasteiger partial charge in [-0.05, 0) is 48.5 Å². The molecule has 0 aromatic heterocycles. The Labute approximate surface area is 236 Å². The fourth-order valence-corrected chi connectivity index (χ4v) is 3.87. The molecule has 208 valence electrons. The second kappa shape index (κ2) is 14.5. The van der Waals surface area contributed by atoms with Crippen LogP contribution in [0.1, 0.15) is 15.9 Å². The first kappa shape index (κ1) is 29.9. The van der Waals surface area contributed by atoms with E-state index in [2.05, 4.69) is 10.6 Å². The van der Waals surface area contributed by atoms with Crippen LogP contribution < -0.4 is 29.6 Å². The Hall–Kier alpha value is -4.70. The number of ether oxygens (including phenoxy) is 4. The van der Waals surface area contributed by atoms with E-state index < -0.39 is 11.7 Å². The van der Waals surface area contributed by atoms with Gasteiger partial charge in [0.1, 0.15) is 51.0 Å². The lowest BCUT2D eigenvalue weighted by Crippen LogP contribution is -2.15. The molecule has 4 aromatic carbocycles. The molecule has 1 amide bonds. The van der Waals surface area contributed by atoms with Gasteiger partial charge in [-0.25, -0.2) is 8.78 Å². The number of nitrogens with one attached hydrogen (secondary N) is 2. The van der Waals surface area contributed by atoms with E-state index in [1.54, 1.807) is 74.9 Å². The minimum atomic E-state index is -0.584. The fourth-order valence-electron chi connectivity index (χ4n) is 3.60. The summed E-state index contributed by atoms with van der Waals surface area (Å²) in [6, 6.07) is 22.5. The Balaban J connectivity index is 0.000000220. The van der Waals surface area contributed by atoms with Crippen LogP contribution in [0.15, 0.2) is 84.9 Å². The van der Waals surface area contributed by atoms with Crippen molar-refractivity contribution >= 4 is 34.5 Å². The molecule has 0 atom stereocenters. The topological polar surface area (TPSA) is 78.1 Å². The van der Waals surface area contributed by atoms with E-state index in [0.717, 1.165) is 0 Å². The van der Waals surface area contributed by atoms with Gasteiger partial charge in [0.15, 0.2) is 0 Å². The summed E-state index contributed by atoms with van der Waals surface area (Å²) in [6.45, 7) is 0. The maximum atomic E-state index is 13.7. The van der Waals surface area contributed by atoms with Crippen LogP contribution in [-0.4, -0.2) is 39.3 Å². The summed E-state index contributed by atoms with van der Waals surface area (Å²) in [5, 5.41) is 5.59. The van der Waals surface area contributed by atoms with Crippen LogP contribution in [0.4, 0.5) is 20.2 Å². The van der Waals surface area contributed by atoms with Crippen molar-refractivity contribution in [3.05, 3.63) is 108 Å². The van der Waals surface area contributed by atoms with Gasteiger partial charge >= 0.3 is 0 Å². The highest BCUT2D eigenvalue weighted by atomic mass is 32.1. The van der Waals surface area contributed by atoms with Crippen molar-refractivity contribution in [3.8, 4) is 23.0 Å². The molecular weight excluding hydrogens is 538 g/mol. The molecule has 0 aliphatic heterocycles. The van der Waals surface area contributed by atoms with Crippen LogP contribution in [0.25, 0.3) is 0 Å². The van der Waals surface area contributed by atoms with E-state index in [0.29, 0.717) is 39.9 Å². The van der Waals surface area contributed by atoms with Gasteiger partial charge in [-0.15, -0.1) is 0 Å². The molecule has 0 bridgehead atoms. The Morgan fingerprint density at radius 2 is 0.950 bits per heavy atom. The van der Waals surface area contributed by atoms with Crippen LogP contribution in [0.3, 0.4) is 0 Å². The van der Waals surface area contributed by atoms with Crippen LogP contribution in [0.2, 0.25) is 0 Å². The number of methoxy groups -OCH3 is 4. The van der Waals surface area contributed by atoms with Crippen molar-refractivity contribution in [2.24, 2.45) is 0 Å². The van der Waals surface area contributed by atoms with Crippen LogP contribution in [-0.2, 0) is 0 Å². The van der Waals surface area contributed by atoms with E-state index in [9.17, 15) is 13.6 Å². The second-order valence-electron chi connectivity index (χ2n) is 7.94. The molecule has 0 heterocycles. The zero-order valence-corrected chi connectivity index (χ0v) is 23.1. The average molecular weight is 567 g/mol. The monoisotopic (exact) mass is 566 g/mol. The summed E-state index contributed by atoms with van der Waals surface area (Å²) in [5.74, 6) is 0.498. The molecule has 40 heavy (non-hydrogen) atoms. The Morgan fingerprint density at radius 3 is 1.35 bits per heavy atom. The van der Waals surface area contributed by atoms with E-state index in [1.165, 1.54) is 38.5 Å². The van der Waals surface area contributed by atoms with Gasteiger partial charge in [-0.2, -0.15) is 0 Å². The minimum Gasteiger partial charge on any atom is -0.494 e. The summed E-state index contributed by atoms with van der Waals surface area (Å²) in [4.78, 5) is 12.4. The molecule has 0 fully saturated rings. The zero-order chi connectivity index (χ0) is 29.1. The largest absolute Gasteiger partial charge is 0.494 e. The number of para-hydroxylation sites is 2.